The summed E-state index contributed by atoms with van der Waals surface area (Å²) < 4.78 is 0. The van der Waals surface area contributed by atoms with Crippen LogP contribution in [0.4, 0.5) is 0 Å². The Bertz CT molecular complexity index is 551. The molecule has 0 spiro atoms. The van der Waals surface area contributed by atoms with Crippen molar-refractivity contribution in [2.75, 3.05) is 0 Å². The second-order valence-electron chi connectivity index (χ2n) is 3.51. The number of carbonyl (C=O) groups is 1. The SMILES string of the molecule is CCCC(=O)c1ccc2[nH]c(=O)[nH]c2c1. The van der Waals surface area contributed by atoms with E-state index in [1.165, 1.54) is 0 Å². The number of nitrogens with one attached hydrogen (secondary N) is 2. The molecule has 4 nitrogen and oxygen atoms in total. The summed E-state index contributed by atoms with van der Waals surface area (Å²) >= 11 is 0. The van der Waals surface area contributed by atoms with E-state index in [-0.39, 0.29) is 11.5 Å². The molecule has 0 aliphatic heterocycles. The summed E-state index contributed by atoms with van der Waals surface area (Å²) in [5.74, 6) is 0.112. The first-order chi connectivity index (χ1) is 7.20. The number of Topliss-reactive ketones (excluding diaryl/α,β-unsaturated/α-hetero) is 1. The Morgan fingerprint density at radius 2 is 2.00 bits per heavy atom. The third-order valence-electron chi connectivity index (χ3n) is 2.32. The van der Waals surface area contributed by atoms with Crippen molar-refractivity contribution in [3.8, 4) is 0 Å². The highest BCUT2D eigenvalue weighted by Gasteiger charge is 2.06. The van der Waals surface area contributed by atoms with E-state index in [0.717, 1.165) is 11.9 Å². The number of ketones is 1. The summed E-state index contributed by atoms with van der Waals surface area (Å²) in [6.45, 7) is 1.97. The zero-order valence-electron chi connectivity index (χ0n) is 8.46. The summed E-state index contributed by atoms with van der Waals surface area (Å²) in [5, 5.41) is 0. The highest BCUT2D eigenvalue weighted by atomic mass is 16.1. The number of aromatic amines is 2. The molecule has 0 aliphatic rings. The standard InChI is InChI=1S/C11H12N2O2/c1-2-3-10(14)7-4-5-8-9(6-7)13-11(15)12-8/h4-6H,2-3H2,1H3,(H2,12,13,15). The molecule has 0 aliphatic carbocycles. The number of hydrogen-bond donors (Lipinski definition) is 2. The van der Waals surface area contributed by atoms with Crippen molar-refractivity contribution in [3.05, 3.63) is 34.2 Å². The van der Waals surface area contributed by atoms with E-state index in [4.69, 9.17) is 0 Å². The summed E-state index contributed by atoms with van der Waals surface area (Å²) in [4.78, 5) is 27.9. The van der Waals surface area contributed by atoms with Gasteiger partial charge in [0.15, 0.2) is 5.78 Å². The number of H-pyrrole nitrogens is 2. The Morgan fingerprint density at radius 1 is 1.27 bits per heavy atom. The maximum Gasteiger partial charge on any atom is 0.323 e. The van der Waals surface area contributed by atoms with Crippen LogP contribution < -0.4 is 5.69 Å². The molecular weight excluding hydrogens is 192 g/mol. The number of carbonyl (C=O) groups excluding carboxylic acids is 1. The Hall–Kier alpha value is -1.84. The third-order valence-corrected chi connectivity index (χ3v) is 2.32. The Balaban J connectivity index is 2.46. The van der Waals surface area contributed by atoms with Gasteiger partial charge in [-0.3, -0.25) is 4.79 Å². The molecule has 78 valence electrons. The molecule has 15 heavy (non-hydrogen) atoms. The maximum atomic E-state index is 11.6. The quantitative estimate of drug-likeness (QED) is 0.749. The zero-order chi connectivity index (χ0) is 10.8. The summed E-state index contributed by atoms with van der Waals surface area (Å²) in [6, 6.07) is 5.20. The van der Waals surface area contributed by atoms with Gasteiger partial charge >= 0.3 is 5.69 Å². The topological polar surface area (TPSA) is 65.7 Å². The zero-order valence-corrected chi connectivity index (χ0v) is 8.46. The van der Waals surface area contributed by atoms with Crippen LogP contribution in [0.25, 0.3) is 11.0 Å². The van der Waals surface area contributed by atoms with Crippen LogP contribution in [0.2, 0.25) is 0 Å². The Labute approximate surface area is 86.3 Å². The Kier molecular flexibility index (Phi) is 2.41. The Morgan fingerprint density at radius 3 is 2.73 bits per heavy atom. The molecule has 0 unspecified atom stereocenters. The molecule has 1 heterocycles. The molecule has 1 aromatic heterocycles. The van der Waals surface area contributed by atoms with Gasteiger partial charge < -0.3 is 9.97 Å². The first kappa shape index (κ1) is 9.71. The van der Waals surface area contributed by atoms with Gasteiger partial charge in [0.25, 0.3) is 0 Å². The van der Waals surface area contributed by atoms with Crippen molar-refractivity contribution in [2.45, 2.75) is 19.8 Å². The van der Waals surface area contributed by atoms with Crippen LogP contribution in [0.1, 0.15) is 30.1 Å². The largest absolute Gasteiger partial charge is 0.323 e. The number of hydrogen-bond acceptors (Lipinski definition) is 2. The van der Waals surface area contributed by atoms with Crippen molar-refractivity contribution in [1.82, 2.24) is 9.97 Å². The van der Waals surface area contributed by atoms with E-state index in [2.05, 4.69) is 9.97 Å². The molecule has 0 fully saturated rings. The molecule has 0 radical (unpaired) electrons. The average molecular weight is 204 g/mol. The van der Waals surface area contributed by atoms with Crippen molar-refractivity contribution >= 4 is 16.8 Å². The van der Waals surface area contributed by atoms with Crippen LogP contribution in [0.5, 0.6) is 0 Å². The first-order valence-electron chi connectivity index (χ1n) is 4.96. The second kappa shape index (κ2) is 3.73. The van der Waals surface area contributed by atoms with Gasteiger partial charge in [-0.2, -0.15) is 0 Å². The van der Waals surface area contributed by atoms with Crippen molar-refractivity contribution in [3.63, 3.8) is 0 Å². The highest BCUT2D eigenvalue weighted by molar-refractivity contribution is 5.98. The van der Waals surface area contributed by atoms with Gasteiger partial charge in [-0.05, 0) is 24.6 Å². The fourth-order valence-corrected chi connectivity index (χ4v) is 1.58. The fourth-order valence-electron chi connectivity index (χ4n) is 1.58. The van der Waals surface area contributed by atoms with Gasteiger partial charge in [-0.15, -0.1) is 0 Å². The molecule has 0 amide bonds. The minimum absolute atomic E-state index is 0.112. The average Bonchev–Trinajstić information content (AvgIpc) is 2.57. The molecule has 0 atom stereocenters. The van der Waals surface area contributed by atoms with Crippen LogP contribution in [0.3, 0.4) is 0 Å². The lowest BCUT2D eigenvalue weighted by Crippen LogP contribution is -1.99. The van der Waals surface area contributed by atoms with E-state index >= 15 is 0 Å². The number of aromatic nitrogens is 2. The fraction of sp³-hybridized carbons (Fsp3) is 0.273. The van der Waals surface area contributed by atoms with Crippen molar-refractivity contribution in [1.29, 1.82) is 0 Å². The second-order valence-corrected chi connectivity index (χ2v) is 3.51. The van der Waals surface area contributed by atoms with Gasteiger partial charge in [-0.1, -0.05) is 6.92 Å². The molecule has 0 saturated heterocycles. The summed E-state index contributed by atoms with van der Waals surface area (Å²) in [7, 11) is 0. The first-order valence-corrected chi connectivity index (χ1v) is 4.96. The molecule has 4 heteroatoms. The number of rotatable bonds is 3. The summed E-state index contributed by atoms with van der Waals surface area (Å²) in [6.07, 6.45) is 1.38. The lowest BCUT2D eigenvalue weighted by Gasteiger charge is -1.98. The van der Waals surface area contributed by atoms with Gasteiger partial charge in [0.1, 0.15) is 0 Å². The highest BCUT2D eigenvalue weighted by Crippen LogP contribution is 2.12. The summed E-state index contributed by atoms with van der Waals surface area (Å²) in [5.41, 5.74) is 1.82. The number of imidazole rings is 1. The minimum Gasteiger partial charge on any atom is -0.306 e. The molecule has 2 aromatic rings. The molecular formula is C11H12N2O2. The predicted molar refractivity (Wildman–Crippen MR) is 58.2 cm³/mol. The molecule has 0 saturated carbocycles. The van der Waals surface area contributed by atoms with E-state index in [0.29, 0.717) is 17.5 Å². The van der Waals surface area contributed by atoms with E-state index < -0.39 is 0 Å². The van der Waals surface area contributed by atoms with Crippen molar-refractivity contribution in [2.24, 2.45) is 0 Å². The minimum atomic E-state index is -0.245. The van der Waals surface area contributed by atoms with E-state index in [1.807, 2.05) is 6.92 Å². The molecule has 2 rings (SSSR count). The van der Waals surface area contributed by atoms with Crippen LogP contribution in [0.15, 0.2) is 23.0 Å². The maximum absolute atomic E-state index is 11.6. The lowest BCUT2D eigenvalue weighted by atomic mass is 10.1. The van der Waals surface area contributed by atoms with E-state index in [9.17, 15) is 9.59 Å². The monoisotopic (exact) mass is 204 g/mol. The normalized spacial score (nSPS) is 10.7. The molecule has 0 bridgehead atoms. The van der Waals surface area contributed by atoms with Crippen LogP contribution in [-0.4, -0.2) is 15.8 Å². The van der Waals surface area contributed by atoms with E-state index in [1.54, 1.807) is 18.2 Å². The van der Waals surface area contributed by atoms with Gasteiger partial charge in [0.05, 0.1) is 11.0 Å². The lowest BCUT2D eigenvalue weighted by molar-refractivity contribution is 0.0982. The number of benzene rings is 1. The van der Waals surface area contributed by atoms with Crippen LogP contribution in [0, 0.1) is 0 Å². The molecule has 2 N–H and O–H groups in total. The van der Waals surface area contributed by atoms with Crippen molar-refractivity contribution < 1.29 is 4.79 Å². The van der Waals surface area contributed by atoms with Gasteiger partial charge in [0, 0.05) is 12.0 Å². The predicted octanol–water partition coefficient (Wildman–Crippen LogP) is 1.84. The smallest absolute Gasteiger partial charge is 0.306 e. The van der Waals surface area contributed by atoms with Crippen LogP contribution in [-0.2, 0) is 0 Å². The third kappa shape index (κ3) is 1.83. The van der Waals surface area contributed by atoms with Crippen LogP contribution >= 0.6 is 0 Å². The molecule has 1 aromatic carbocycles. The van der Waals surface area contributed by atoms with Gasteiger partial charge in [-0.25, -0.2) is 4.79 Å². The van der Waals surface area contributed by atoms with Gasteiger partial charge in [0.2, 0.25) is 0 Å². The number of fused-ring (bicyclic) bond motifs is 1.